The zero-order valence-electron chi connectivity index (χ0n) is 38.0. The number of nitrogens with zero attached hydrogens (tertiary/aromatic N) is 6. The third-order valence-electron chi connectivity index (χ3n) is 12.5. The van der Waals surface area contributed by atoms with Crippen molar-refractivity contribution in [2.24, 2.45) is 0 Å². The lowest BCUT2D eigenvalue weighted by molar-refractivity contribution is -0.169. The first-order valence-electron chi connectivity index (χ1n) is 22.5. The summed E-state index contributed by atoms with van der Waals surface area (Å²) in [5.74, 6) is -4.06. The highest BCUT2D eigenvalue weighted by atomic mass is 32.1. The fourth-order valence-electron chi connectivity index (χ4n) is 9.12. The molecule has 0 unspecified atom stereocenters. The van der Waals surface area contributed by atoms with E-state index in [1.165, 1.54) is 22.7 Å². The summed E-state index contributed by atoms with van der Waals surface area (Å²) < 4.78 is 10.8. The standard InChI is InChI=1S/C52H52N6O8S2/c1-37-35-67-49(53-37)51(23-27-55(28-24-51)31-43(59)39-15-7-3-8-16-39)57(41-19-11-5-12-20-41)45(61)33-65-47(63)48(64)66-34-46(62)58(42-21-13-6-14-22-42)52(50-54-38(2)36-68-50)25-29-56(30-26-52)32-44(60)40-17-9-4-10-18-40/h3-22,35-36H,23-34H2,1-2H3. The van der Waals surface area contributed by atoms with Gasteiger partial charge < -0.3 is 9.47 Å². The van der Waals surface area contributed by atoms with Crippen LogP contribution in [0, 0.1) is 13.8 Å². The molecule has 2 saturated heterocycles. The number of hydrogen-bond acceptors (Lipinski definition) is 14. The quantitative estimate of drug-likeness (QED) is 0.0538. The molecule has 2 aromatic heterocycles. The Balaban J connectivity index is 0.962. The normalized spacial score (nSPS) is 15.7. The van der Waals surface area contributed by atoms with Gasteiger partial charge in [-0.3, -0.25) is 38.8 Å². The Bertz CT molecular complexity index is 2530. The molecule has 0 aliphatic carbocycles. The summed E-state index contributed by atoms with van der Waals surface area (Å²) in [4.78, 5) is 99.2. The second kappa shape index (κ2) is 21.5. The van der Waals surface area contributed by atoms with E-state index in [4.69, 9.17) is 19.4 Å². The minimum atomic E-state index is -1.43. The summed E-state index contributed by atoms with van der Waals surface area (Å²) in [5.41, 5.74) is 1.97. The van der Waals surface area contributed by atoms with E-state index in [0.717, 1.165) is 11.4 Å². The molecule has 350 valence electrons. The molecule has 68 heavy (non-hydrogen) atoms. The van der Waals surface area contributed by atoms with Crippen LogP contribution in [0.15, 0.2) is 132 Å². The minimum Gasteiger partial charge on any atom is -0.447 e. The van der Waals surface area contributed by atoms with Crippen molar-refractivity contribution < 1.29 is 38.2 Å². The number of rotatable bonds is 16. The van der Waals surface area contributed by atoms with Crippen LogP contribution >= 0.6 is 22.7 Å². The molecule has 16 heteroatoms. The largest absolute Gasteiger partial charge is 0.447 e. The molecule has 2 aliphatic heterocycles. The maximum absolute atomic E-state index is 14.5. The van der Waals surface area contributed by atoms with Gasteiger partial charge in [-0.05, 0) is 63.8 Å². The number of ketones is 2. The van der Waals surface area contributed by atoms with Gasteiger partial charge in [-0.1, -0.05) is 97.1 Å². The Morgan fingerprint density at radius 1 is 0.515 bits per heavy atom. The number of hydrogen-bond donors (Lipinski definition) is 0. The lowest BCUT2D eigenvalue weighted by Crippen LogP contribution is -2.57. The van der Waals surface area contributed by atoms with Gasteiger partial charge in [-0.25, -0.2) is 19.6 Å². The number of piperidine rings is 2. The van der Waals surface area contributed by atoms with E-state index >= 15 is 0 Å². The molecule has 0 spiro atoms. The lowest BCUT2D eigenvalue weighted by atomic mass is 9.85. The van der Waals surface area contributed by atoms with Crippen molar-refractivity contribution in [1.29, 1.82) is 0 Å². The van der Waals surface area contributed by atoms with Gasteiger partial charge in [0.25, 0.3) is 11.8 Å². The van der Waals surface area contributed by atoms with Crippen molar-refractivity contribution in [3.8, 4) is 0 Å². The predicted octanol–water partition coefficient (Wildman–Crippen LogP) is 7.42. The SMILES string of the molecule is Cc1csc(C2(N(C(=O)COC(=O)C(=O)OCC(=O)N(c3ccccc3)C3(c4nc(C)cs4)CCN(CC(=O)c4ccccc4)CC3)c3ccccc3)CCN(CC(=O)c3ccccc3)CC2)n1. The molecule has 0 bridgehead atoms. The highest BCUT2D eigenvalue weighted by Crippen LogP contribution is 2.45. The fourth-order valence-corrected chi connectivity index (χ4v) is 11.2. The lowest BCUT2D eigenvalue weighted by Gasteiger charge is -2.47. The average Bonchev–Trinajstić information content (AvgIpc) is 4.03. The second-order valence-electron chi connectivity index (χ2n) is 17.1. The molecular formula is C52H52N6O8S2. The van der Waals surface area contributed by atoms with E-state index in [1.54, 1.807) is 82.6 Å². The van der Waals surface area contributed by atoms with E-state index in [2.05, 4.69) is 9.80 Å². The van der Waals surface area contributed by atoms with Crippen LogP contribution in [-0.2, 0) is 39.7 Å². The monoisotopic (exact) mass is 952 g/mol. The van der Waals surface area contributed by atoms with E-state index in [9.17, 15) is 28.8 Å². The number of thiazole rings is 2. The highest BCUT2D eigenvalue weighted by molar-refractivity contribution is 7.10. The number of likely N-dealkylation sites (tertiary alicyclic amines) is 2. The minimum absolute atomic E-state index is 0.00390. The summed E-state index contributed by atoms with van der Waals surface area (Å²) in [6, 6.07) is 36.3. The number of aryl methyl sites for hydroxylation is 2. The zero-order chi connectivity index (χ0) is 47.7. The van der Waals surface area contributed by atoms with Crippen LogP contribution in [-0.4, -0.2) is 108 Å². The molecule has 4 aromatic carbocycles. The number of Topliss-reactive ketones (excluding diaryl/α,β-unsaturated/α-hetero) is 2. The number of esters is 2. The van der Waals surface area contributed by atoms with E-state index in [-0.39, 0.29) is 24.7 Å². The van der Waals surface area contributed by atoms with Crippen LogP contribution in [0.4, 0.5) is 11.4 Å². The molecule has 0 saturated carbocycles. The van der Waals surface area contributed by atoms with Crippen LogP contribution in [0.5, 0.6) is 0 Å². The van der Waals surface area contributed by atoms with E-state index in [0.29, 0.717) is 84.4 Å². The molecule has 2 fully saturated rings. The first-order valence-corrected chi connectivity index (χ1v) is 24.3. The van der Waals surface area contributed by atoms with Gasteiger partial charge in [0.05, 0.1) is 13.1 Å². The predicted molar refractivity (Wildman–Crippen MR) is 260 cm³/mol. The number of amides is 2. The van der Waals surface area contributed by atoms with Crippen molar-refractivity contribution in [1.82, 2.24) is 19.8 Å². The molecule has 8 rings (SSSR count). The Hall–Kier alpha value is -6.72. The molecule has 0 radical (unpaired) electrons. The Kier molecular flexibility index (Phi) is 15.1. The molecular weight excluding hydrogens is 901 g/mol. The number of para-hydroxylation sites is 2. The highest BCUT2D eigenvalue weighted by Gasteiger charge is 2.49. The second-order valence-corrected chi connectivity index (χ2v) is 18.8. The van der Waals surface area contributed by atoms with Gasteiger partial charge in [-0.2, -0.15) is 0 Å². The van der Waals surface area contributed by atoms with Gasteiger partial charge in [0.15, 0.2) is 24.8 Å². The smallest absolute Gasteiger partial charge is 0.418 e. The topological polar surface area (TPSA) is 160 Å². The number of benzene rings is 4. The van der Waals surface area contributed by atoms with Gasteiger partial charge in [0.2, 0.25) is 0 Å². The maximum atomic E-state index is 14.5. The van der Waals surface area contributed by atoms with E-state index < -0.39 is 48.0 Å². The van der Waals surface area contributed by atoms with Crippen molar-refractivity contribution >= 4 is 69.4 Å². The van der Waals surface area contributed by atoms with Crippen molar-refractivity contribution in [3.05, 3.63) is 165 Å². The maximum Gasteiger partial charge on any atom is 0.418 e. The van der Waals surface area contributed by atoms with Crippen molar-refractivity contribution in [3.63, 3.8) is 0 Å². The third kappa shape index (κ3) is 10.7. The number of aromatic nitrogens is 2. The fraction of sp³-hybridized carbons (Fsp3) is 0.308. The van der Waals surface area contributed by atoms with Gasteiger partial charge in [0, 0.05) is 70.8 Å². The molecule has 0 atom stereocenters. The van der Waals surface area contributed by atoms with Crippen LogP contribution in [0.2, 0.25) is 0 Å². The van der Waals surface area contributed by atoms with Crippen molar-refractivity contribution in [2.45, 2.75) is 50.6 Å². The molecule has 2 aliphatic rings. The number of anilines is 2. The summed E-state index contributed by atoms with van der Waals surface area (Å²) in [5, 5.41) is 5.24. The number of carbonyl (C=O) groups excluding carboxylic acids is 6. The molecule has 2 amide bonds. The van der Waals surface area contributed by atoms with E-state index in [1.807, 2.05) is 73.1 Å². The Morgan fingerprint density at radius 3 is 1.15 bits per heavy atom. The van der Waals surface area contributed by atoms with Crippen LogP contribution in [0.3, 0.4) is 0 Å². The summed E-state index contributed by atoms with van der Waals surface area (Å²) in [6.45, 7) is 4.49. The van der Waals surface area contributed by atoms with Crippen LogP contribution < -0.4 is 9.80 Å². The van der Waals surface area contributed by atoms with Crippen LogP contribution in [0.25, 0.3) is 0 Å². The molecule has 14 nitrogen and oxygen atoms in total. The first kappa shape index (κ1) is 47.8. The zero-order valence-corrected chi connectivity index (χ0v) is 39.6. The van der Waals surface area contributed by atoms with Crippen molar-refractivity contribution in [2.75, 3.05) is 62.3 Å². The summed E-state index contributed by atoms with van der Waals surface area (Å²) >= 11 is 2.86. The summed E-state index contributed by atoms with van der Waals surface area (Å²) in [7, 11) is 0. The first-order chi connectivity index (χ1) is 33.0. The molecule has 6 aromatic rings. The molecule has 0 N–H and O–H groups in total. The van der Waals surface area contributed by atoms with Gasteiger partial charge in [-0.15, -0.1) is 22.7 Å². The van der Waals surface area contributed by atoms with Crippen LogP contribution in [0.1, 0.15) is 67.8 Å². The number of ether oxygens (including phenoxy) is 2. The molecule has 4 heterocycles. The Morgan fingerprint density at radius 2 is 0.838 bits per heavy atom. The van der Waals surface area contributed by atoms with Gasteiger partial charge >= 0.3 is 11.9 Å². The van der Waals surface area contributed by atoms with Gasteiger partial charge in [0.1, 0.15) is 21.1 Å². The number of carbonyl (C=O) groups is 6. The Labute approximate surface area is 403 Å². The average molecular weight is 953 g/mol. The summed E-state index contributed by atoms with van der Waals surface area (Å²) in [6.07, 6.45) is 1.68. The third-order valence-corrected chi connectivity index (χ3v) is 14.8.